The summed E-state index contributed by atoms with van der Waals surface area (Å²) in [6.07, 6.45) is 2.87. The minimum absolute atomic E-state index is 0.284. The largest absolute Gasteiger partial charge is 0.468 e. The maximum absolute atomic E-state index is 10.8. The summed E-state index contributed by atoms with van der Waals surface area (Å²) in [6, 6.07) is -0.684. The van der Waals surface area contributed by atoms with Crippen molar-refractivity contribution >= 4 is 5.97 Å². The third-order valence-electron chi connectivity index (χ3n) is 1.35. The molecule has 1 aromatic heterocycles. The molecule has 6 heteroatoms. The number of nitrogens with two attached hydrogens (primary N) is 1. The number of hydrogen-bond donors (Lipinski definition) is 1. The van der Waals surface area contributed by atoms with E-state index in [1.807, 2.05) is 0 Å². The van der Waals surface area contributed by atoms with Crippen LogP contribution in [0.4, 0.5) is 0 Å². The molecule has 0 saturated carbocycles. The van der Waals surface area contributed by atoms with Gasteiger partial charge in [0.05, 0.1) is 13.7 Å². The van der Waals surface area contributed by atoms with Gasteiger partial charge in [0.1, 0.15) is 18.7 Å². The molecule has 0 amide bonds. The average Bonchev–Trinajstić information content (AvgIpc) is 2.55. The third-order valence-corrected chi connectivity index (χ3v) is 1.35. The van der Waals surface area contributed by atoms with Crippen LogP contribution in [0, 0.1) is 0 Å². The van der Waals surface area contributed by atoms with Crippen LogP contribution in [0.5, 0.6) is 0 Å². The molecule has 0 bridgehead atoms. The zero-order valence-corrected chi connectivity index (χ0v) is 6.67. The van der Waals surface area contributed by atoms with E-state index in [0.29, 0.717) is 0 Å². The van der Waals surface area contributed by atoms with Crippen molar-refractivity contribution in [2.75, 3.05) is 7.11 Å². The van der Waals surface area contributed by atoms with Crippen molar-refractivity contribution in [1.82, 2.24) is 14.8 Å². The second-order valence-corrected chi connectivity index (χ2v) is 2.25. The van der Waals surface area contributed by atoms with Crippen LogP contribution >= 0.6 is 0 Å². The first-order chi connectivity index (χ1) is 5.74. The molecule has 6 nitrogen and oxygen atoms in total. The molecule has 0 aliphatic heterocycles. The van der Waals surface area contributed by atoms with Gasteiger partial charge in [-0.25, -0.2) is 4.98 Å². The fraction of sp³-hybridized carbons (Fsp3) is 0.500. The molecular formula is C6H10N4O2. The monoisotopic (exact) mass is 170 g/mol. The smallest absolute Gasteiger partial charge is 0.324 e. The second kappa shape index (κ2) is 3.82. The number of ether oxygens (including phenoxy) is 1. The molecule has 1 rings (SSSR count). The van der Waals surface area contributed by atoms with Gasteiger partial charge < -0.3 is 10.5 Å². The maximum Gasteiger partial charge on any atom is 0.324 e. The molecular weight excluding hydrogens is 160 g/mol. The molecule has 0 aliphatic rings. The summed E-state index contributed by atoms with van der Waals surface area (Å²) < 4.78 is 5.91. The summed E-state index contributed by atoms with van der Waals surface area (Å²) in [5.41, 5.74) is 5.46. The summed E-state index contributed by atoms with van der Waals surface area (Å²) in [5, 5.41) is 3.79. The van der Waals surface area contributed by atoms with Crippen molar-refractivity contribution in [3.8, 4) is 0 Å². The molecule has 12 heavy (non-hydrogen) atoms. The van der Waals surface area contributed by atoms with Gasteiger partial charge in [0, 0.05) is 0 Å². The number of nitrogens with zero attached hydrogens (tertiary/aromatic N) is 3. The number of hydrogen-bond acceptors (Lipinski definition) is 5. The van der Waals surface area contributed by atoms with Gasteiger partial charge >= 0.3 is 5.97 Å². The number of aromatic nitrogens is 3. The Kier molecular flexibility index (Phi) is 2.76. The molecule has 0 spiro atoms. The van der Waals surface area contributed by atoms with Crippen molar-refractivity contribution in [2.45, 2.75) is 12.6 Å². The van der Waals surface area contributed by atoms with E-state index in [1.54, 1.807) is 0 Å². The lowest BCUT2D eigenvalue weighted by molar-refractivity contribution is -0.142. The summed E-state index contributed by atoms with van der Waals surface area (Å²) in [6.45, 7) is 0.284. The molecule has 0 radical (unpaired) electrons. The van der Waals surface area contributed by atoms with Crippen molar-refractivity contribution in [2.24, 2.45) is 5.73 Å². The number of esters is 1. The molecule has 0 fully saturated rings. The van der Waals surface area contributed by atoms with Gasteiger partial charge in [-0.15, -0.1) is 0 Å². The molecule has 66 valence electrons. The topological polar surface area (TPSA) is 83.0 Å². The SMILES string of the molecule is COC(=O)[C@H](N)Cn1cncn1. The number of carbonyl (C=O) groups is 1. The fourth-order valence-electron chi connectivity index (χ4n) is 0.754. The van der Waals surface area contributed by atoms with Crippen LogP contribution in [-0.2, 0) is 16.1 Å². The first kappa shape index (κ1) is 8.66. The first-order valence-corrected chi connectivity index (χ1v) is 3.40. The Hall–Kier alpha value is -1.43. The predicted octanol–water partition coefficient (Wildman–Crippen LogP) is -1.22. The van der Waals surface area contributed by atoms with Gasteiger partial charge in [-0.1, -0.05) is 0 Å². The highest BCUT2D eigenvalue weighted by molar-refractivity contribution is 5.75. The highest BCUT2D eigenvalue weighted by atomic mass is 16.5. The van der Waals surface area contributed by atoms with E-state index in [1.165, 1.54) is 24.4 Å². The number of methoxy groups -OCH3 is 1. The summed E-state index contributed by atoms with van der Waals surface area (Å²) in [5.74, 6) is -0.453. The third kappa shape index (κ3) is 2.03. The minimum atomic E-state index is -0.684. The maximum atomic E-state index is 10.8. The van der Waals surface area contributed by atoms with E-state index < -0.39 is 12.0 Å². The number of carbonyl (C=O) groups excluding carboxylic acids is 1. The van der Waals surface area contributed by atoms with E-state index in [9.17, 15) is 4.79 Å². The van der Waals surface area contributed by atoms with Crippen molar-refractivity contribution in [3.63, 3.8) is 0 Å². The van der Waals surface area contributed by atoms with Gasteiger partial charge in [-0.05, 0) is 0 Å². The van der Waals surface area contributed by atoms with Crippen LogP contribution < -0.4 is 5.73 Å². The highest BCUT2D eigenvalue weighted by Gasteiger charge is 2.13. The molecule has 0 unspecified atom stereocenters. The van der Waals surface area contributed by atoms with E-state index in [0.717, 1.165) is 0 Å². The van der Waals surface area contributed by atoms with Crippen LogP contribution in [-0.4, -0.2) is 33.9 Å². The predicted molar refractivity (Wildman–Crippen MR) is 40.0 cm³/mol. The lowest BCUT2D eigenvalue weighted by Gasteiger charge is -2.07. The standard InChI is InChI=1S/C6H10N4O2/c1-12-6(11)5(7)2-10-4-8-3-9-10/h3-5H,2,7H2,1H3/t5-/m1/s1. The Balaban J connectivity index is 2.47. The van der Waals surface area contributed by atoms with Crippen LogP contribution in [0.15, 0.2) is 12.7 Å². The van der Waals surface area contributed by atoms with E-state index >= 15 is 0 Å². The van der Waals surface area contributed by atoms with Gasteiger partial charge in [0.25, 0.3) is 0 Å². The Labute approximate surface area is 69.3 Å². The van der Waals surface area contributed by atoms with E-state index in [4.69, 9.17) is 5.73 Å². The molecule has 0 aromatic carbocycles. The normalized spacial score (nSPS) is 12.5. The summed E-state index contributed by atoms with van der Waals surface area (Å²) in [7, 11) is 1.30. The molecule has 0 aliphatic carbocycles. The van der Waals surface area contributed by atoms with Crippen LogP contribution in [0.1, 0.15) is 0 Å². The second-order valence-electron chi connectivity index (χ2n) is 2.25. The van der Waals surface area contributed by atoms with Gasteiger partial charge in [-0.3, -0.25) is 9.48 Å². The Bertz CT molecular complexity index is 246. The molecule has 1 heterocycles. The van der Waals surface area contributed by atoms with E-state index in [-0.39, 0.29) is 6.54 Å². The van der Waals surface area contributed by atoms with E-state index in [2.05, 4.69) is 14.8 Å². The molecule has 1 aromatic rings. The zero-order chi connectivity index (χ0) is 8.97. The first-order valence-electron chi connectivity index (χ1n) is 3.40. The Morgan fingerprint density at radius 3 is 3.08 bits per heavy atom. The van der Waals surface area contributed by atoms with Crippen molar-refractivity contribution < 1.29 is 9.53 Å². The van der Waals surface area contributed by atoms with Gasteiger partial charge in [-0.2, -0.15) is 5.10 Å². The minimum Gasteiger partial charge on any atom is -0.468 e. The van der Waals surface area contributed by atoms with Crippen LogP contribution in [0.2, 0.25) is 0 Å². The van der Waals surface area contributed by atoms with Crippen LogP contribution in [0.3, 0.4) is 0 Å². The Morgan fingerprint density at radius 2 is 2.58 bits per heavy atom. The quantitative estimate of drug-likeness (QED) is 0.575. The Morgan fingerprint density at radius 1 is 1.83 bits per heavy atom. The molecule has 0 saturated heterocycles. The van der Waals surface area contributed by atoms with Gasteiger partial charge in [0.15, 0.2) is 0 Å². The summed E-state index contributed by atoms with van der Waals surface area (Å²) >= 11 is 0. The number of rotatable bonds is 3. The molecule has 2 N–H and O–H groups in total. The summed E-state index contributed by atoms with van der Waals surface area (Å²) in [4.78, 5) is 14.5. The lowest BCUT2D eigenvalue weighted by Crippen LogP contribution is -2.35. The average molecular weight is 170 g/mol. The lowest BCUT2D eigenvalue weighted by atomic mass is 10.3. The fourth-order valence-corrected chi connectivity index (χ4v) is 0.754. The molecule has 1 atom stereocenters. The zero-order valence-electron chi connectivity index (χ0n) is 6.67. The van der Waals surface area contributed by atoms with Crippen molar-refractivity contribution in [1.29, 1.82) is 0 Å². The van der Waals surface area contributed by atoms with Gasteiger partial charge in [0.2, 0.25) is 0 Å². The van der Waals surface area contributed by atoms with Crippen LogP contribution in [0.25, 0.3) is 0 Å². The van der Waals surface area contributed by atoms with Crippen molar-refractivity contribution in [3.05, 3.63) is 12.7 Å². The highest BCUT2D eigenvalue weighted by Crippen LogP contribution is 1.88.